The van der Waals surface area contributed by atoms with E-state index in [0.717, 1.165) is 11.0 Å². The Bertz CT molecular complexity index is 561. The van der Waals surface area contributed by atoms with Gasteiger partial charge in [0.2, 0.25) is 0 Å². The van der Waals surface area contributed by atoms with Crippen LogP contribution in [0.2, 0.25) is 0 Å². The van der Waals surface area contributed by atoms with E-state index in [-0.39, 0.29) is 0 Å². The lowest BCUT2D eigenvalue weighted by atomic mass is 9.81. The molecular formula is C17H26BO5. The second kappa shape index (κ2) is 7.36. The van der Waals surface area contributed by atoms with Crippen molar-refractivity contribution in [2.24, 2.45) is 0 Å². The van der Waals surface area contributed by atoms with Crippen LogP contribution in [0.1, 0.15) is 50.5 Å². The number of aryl methyl sites for hydroxylation is 1. The fourth-order valence-electron chi connectivity index (χ4n) is 1.84. The van der Waals surface area contributed by atoms with Crippen molar-refractivity contribution in [3.8, 4) is 5.75 Å². The van der Waals surface area contributed by atoms with E-state index < -0.39 is 17.2 Å². The zero-order chi connectivity index (χ0) is 17.8. The molecule has 5 nitrogen and oxygen atoms in total. The molecule has 0 aliphatic carbocycles. The molecule has 0 fully saturated rings. The van der Waals surface area contributed by atoms with Crippen LogP contribution in [0.4, 0.5) is 0 Å². The lowest BCUT2D eigenvalue weighted by molar-refractivity contribution is -0.0893. The van der Waals surface area contributed by atoms with Gasteiger partial charge in [-0.25, -0.2) is 4.79 Å². The number of hydrogen-bond donors (Lipinski definition) is 1. The lowest BCUT2D eigenvalue weighted by Gasteiger charge is -2.37. The monoisotopic (exact) mass is 321 g/mol. The molecule has 1 radical (unpaired) electrons. The van der Waals surface area contributed by atoms with Crippen LogP contribution >= 0.6 is 0 Å². The van der Waals surface area contributed by atoms with Gasteiger partial charge in [0.1, 0.15) is 11.3 Å². The molecule has 6 heteroatoms. The van der Waals surface area contributed by atoms with E-state index in [2.05, 4.69) is 0 Å². The van der Waals surface area contributed by atoms with Crippen LogP contribution in [0.25, 0.3) is 0 Å². The van der Waals surface area contributed by atoms with Gasteiger partial charge in [0.05, 0.1) is 24.9 Å². The first-order chi connectivity index (χ1) is 10.5. The summed E-state index contributed by atoms with van der Waals surface area (Å²) in [6.07, 6.45) is 0. The molecule has 0 saturated heterocycles. The van der Waals surface area contributed by atoms with Crippen LogP contribution in [0.15, 0.2) is 12.1 Å². The summed E-state index contributed by atoms with van der Waals surface area (Å²) in [6, 6.07) is 3.52. The third kappa shape index (κ3) is 4.72. The van der Waals surface area contributed by atoms with Gasteiger partial charge in [0, 0.05) is 0 Å². The second-order valence-corrected chi connectivity index (χ2v) is 6.44. The summed E-state index contributed by atoms with van der Waals surface area (Å²) in [6.45, 7) is 10.9. The molecule has 0 unspecified atom stereocenters. The molecule has 1 N–H and O–H groups in total. The van der Waals surface area contributed by atoms with Crippen molar-refractivity contribution in [2.75, 3.05) is 13.7 Å². The van der Waals surface area contributed by atoms with Crippen molar-refractivity contribution in [3.63, 3.8) is 0 Å². The van der Waals surface area contributed by atoms with Crippen molar-refractivity contribution >= 4 is 18.9 Å². The van der Waals surface area contributed by atoms with Gasteiger partial charge >= 0.3 is 13.5 Å². The predicted octanol–water partition coefficient (Wildman–Crippen LogP) is 1.99. The molecule has 0 atom stereocenters. The highest BCUT2D eigenvalue weighted by molar-refractivity contribution is 6.47. The van der Waals surface area contributed by atoms with Crippen LogP contribution in [-0.2, 0) is 9.39 Å². The third-order valence-corrected chi connectivity index (χ3v) is 3.98. The molecule has 23 heavy (non-hydrogen) atoms. The number of rotatable bonds is 7. The molecule has 0 bridgehead atoms. The molecule has 1 rings (SSSR count). The average molecular weight is 321 g/mol. The lowest BCUT2D eigenvalue weighted by Crippen LogP contribution is -2.49. The number of carbonyl (C=O) groups excluding carboxylic acids is 1. The summed E-state index contributed by atoms with van der Waals surface area (Å²) in [7, 11) is 3.06. The van der Waals surface area contributed by atoms with Crippen molar-refractivity contribution in [2.45, 2.75) is 52.7 Å². The number of benzene rings is 1. The number of methoxy groups -OCH3 is 1. The molecule has 0 aromatic heterocycles. The highest BCUT2D eigenvalue weighted by atomic mass is 16.5. The van der Waals surface area contributed by atoms with Gasteiger partial charge in [-0.1, -0.05) is 6.07 Å². The Labute approximate surface area is 139 Å². The summed E-state index contributed by atoms with van der Waals surface area (Å²) in [4.78, 5) is 12.0. The van der Waals surface area contributed by atoms with E-state index in [9.17, 15) is 9.90 Å². The smallest absolute Gasteiger partial charge is 0.342 e. The average Bonchev–Trinajstić information content (AvgIpc) is 2.43. The summed E-state index contributed by atoms with van der Waals surface area (Å²) in [5.74, 6) is 0.0190. The van der Waals surface area contributed by atoms with Gasteiger partial charge in [-0.15, -0.1) is 0 Å². The highest BCUT2D eigenvalue weighted by Gasteiger charge is 2.35. The number of hydrogen-bond acceptors (Lipinski definition) is 5. The van der Waals surface area contributed by atoms with Crippen LogP contribution in [0, 0.1) is 6.92 Å². The van der Waals surface area contributed by atoms with Crippen molar-refractivity contribution in [1.82, 2.24) is 0 Å². The van der Waals surface area contributed by atoms with Gasteiger partial charge in [-0.05, 0) is 58.6 Å². The Hall–Kier alpha value is -1.53. The molecule has 1 aromatic carbocycles. The van der Waals surface area contributed by atoms with Crippen molar-refractivity contribution in [3.05, 3.63) is 23.3 Å². The van der Waals surface area contributed by atoms with E-state index in [4.69, 9.17) is 14.1 Å². The Morgan fingerprint density at radius 1 is 1.26 bits per heavy atom. The highest BCUT2D eigenvalue weighted by Crippen LogP contribution is 2.25. The fourth-order valence-corrected chi connectivity index (χ4v) is 1.84. The largest absolute Gasteiger partial charge is 0.496 e. The standard InChI is InChI=1S/C17H26BO5/c1-8-22-15(19)14-11(2)9-12(10-13(14)21-7)18-23-17(5,6)16(3,4)20/h9-10,20H,8H2,1-7H3. The molecule has 0 aliphatic rings. The summed E-state index contributed by atoms with van der Waals surface area (Å²) < 4.78 is 16.1. The summed E-state index contributed by atoms with van der Waals surface area (Å²) >= 11 is 0. The first-order valence-corrected chi connectivity index (χ1v) is 7.62. The Morgan fingerprint density at radius 3 is 2.35 bits per heavy atom. The normalized spacial score (nSPS) is 12.0. The fraction of sp³-hybridized carbons (Fsp3) is 0.588. The van der Waals surface area contributed by atoms with Crippen LogP contribution < -0.4 is 10.2 Å². The zero-order valence-electron chi connectivity index (χ0n) is 15.0. The number of esters is 1. The molecule has 0 heterocycles. The molecule has 0 saturated carbocycles. The minimum Gasteiger partial charge on any atom is -0.496 e. The number of carbonyl (C=O) groups is 1. The molecule has 0 amide bonds. The molecule has 127 valence electrons. The van der Waals surface area contributed by atoms with E-state index >= 15 is 0 Å². The van der Waals surface area contributed by atoms with Gasteiger partial charge < -0.3 is 19.2 Å². The minimum atomic E-state index is -1.01. The van der Waals surface area contributed by atoms with Gasteiger partial charge in [-0.2, -0.15) is 0 Å². The first kappa shape index (κ1) is 19.5. The van der Waals surface area contributed by atoms with Crippen molar-refractivity contribution < 1.29 is 24.0 Å². The topological polar surface area (TPSA) is 65.0 Å². The second-order valence-electron chi connectivity index (χ2n) is 6.44. The Kier molecular flexibility index (Phi) is 6.25. The zero-order valence-corrected chi connectivity index (χ0v) is 15.0. The van der Waals surface area contributed by atoms with E-state index in [1.54, 1.807) is 48.2 Å². The first-order valence-electron chi connectivity index (χ1n) is 7.62. The SMILES string of the molecule is CCOC(=O)c1c(C)cc([B]OC(C)(C)C(C)(C)O)cc1OC. The van der Waals surface area contributed by atoms with Gasteiger partial charge in [0.15, 0.2) is 0 Å². The van der Waals surface area contributed by atoms with E-state index in [1.165, 1.54) is 7.11 Å². The summed E-state index contributed by atoms with van der Waals surface area (Å²) in [5, 5.41) is 10.1. The van der Waals surface area contributed by atoms with Gasteiger partial charge in [0.25, 0.3) is 0 Å². The minimum absolute atomic E-state index is 0.304. The summed E-state index contributed by atoms with van der Waals surface area (Å²) in [5.41, 5.74) is 0.109. The predicted molar refractivity (Wildman–Crippen MR) is 90.5 cm³/mol. The van der Waals surface area contributed by atoms with Crippen molar-refractivity contribution in [1.29, 1.82) is 0 Å². The number of ether oxygens (including phenoxy) is 2. The molecule has 0 aliphatic heterocycles. The molecular weight excluding hydrogens is 295 g/mol. The van der Waals surface area contributed by atoms with Gasteiger partial charge in [-0.3, -0.25) is 0 Å². The van der Waals surface area contributed by atoms with E-state index in [0.29, 0.717) is 17.9 Å². The maximum absolute atomic E-state index is 12.0. The Morgan fingerprint density at radius 2 is 1.87 bits per heavy atom. The van der Waals surface area contributed by atoms with Crippen LogP contribution in [-0.4, -0.2) is 43.5 Å². The van der Waals surface area contributed by atoms with Crippen LogP contribution in [0.3, 0.4) is 0 Å². The van der Waals surface area contributed by atoms with E-state index in [1.807, 2.05) is 13.0 Å². The molecule has 1 aromatic rings. The third-order valence-electron chi connectivity index (χ3n) is 3.98. The quantitative estimate of drug-likeness (QED) is 0.615. The Balaban J connectivity index is 3.04. The maximum Gasteiger partial charge on any atom is 0.342 e. The molecule has 0 spiro atoms. The maximum atomic E-state index is 12.0. The van der Waals surface area contributed by atoms with Crippen LogP contribution in [0.5, 0.6) is 5.75 Å². The number of aliphatic hydroxyl groups is 1.